The van der Waals surface area contributed by atoms with Gasteiger partial charge < -0.3 is 10.6 Å². The Morgan fingerprint density at radius 2 is 2.00 bits per heavy atom. The largest absolute Gasteiger partial charge is 0.355 e. The highest BCUT2D eigenvalue weighted by Crippen LogP contribution is 2.35. The Morgan fingerprint density at radius 3 is 2.59 bits per heavy atom. The van der Waals surface area contributed by atoms with Crippen LogP contribution in [0.2, 0.25) is 0 Å². The highest BCUT2D eigenvalue weighted by Gasteiger charge is 2.32. The molecule has 3 heteroatoms. The fourth-order valence-electron chi connectivity index (χ4n) is 3.17. The number of rotatable bonds is 3. The van der Waals surface area contributed by atoms with Crippen LogP contribution in [-0.2, 0) is 4.79 Å². The van der Waals surface area contributed by atoms with Crippen molar-refractivity contribution in [3.8, 4) is 0 Å². The Balaban J connectivity index is 1.79. The summed E-state index contributed by atoms with van der Waals surface area (Å²) in [7, 11) is 0. The smallest absolute Gasteiger partial charge is 0.224 e. The Labute approximate surface area is 105 Å². The summed E-state index contributed by atoms with van der Waals surface area (Å²) in [6.45, 7) is 7.18. The van der Waals surface area contributed by atoms with Gasteiger partial charge in [0.15, 0.2) is 0 Å². The van der Waals surface area contributed by atoms with E-state index in [-0.39, 0.29) is 11.8 Å². The lowest BCUT2D eigenvalue weighted by Gasteiger charge is -2.34. The lowest BCUT2D eigenvalue weighted by atomic mass is 9.75. The fourth-order valence-corrected chi connectivity index (χ4v) is 3.17. The molecule has 0 radical (unpaired) electrons. The van der Waals surface area contributed by atoms with E-state index in [4.69, 9.17) is 0 Å². The monoisotopic (exact) mass is 238 g/mol. The SMILES string of the molecule is C[C@@H]1CNC[C@H]1C(=O)NCC1(C)CCCCC1. The number of amides is 1. The maximum atomic E-state index is 12.1. The van der Waals surface area contributed by atoms with Crippen LogP contribution in [0.15, 0.2) is 0 Å². The number of nitrogens with one attached hydrogen (secondary N) is 2. The van der Waals surface area contributed by atoms with Crippen LogP contribution in [0.5, 0.6) is 0 Å². The standard InChI is InChI=1S/C14H26N2O/c1-11-8-15-9-12(11)13(17)16-10-14(2)6-4-3-5-7-14/h11-12,15H,3-10H2,1-2H3,(H,16,17)/t11-,12-/m1/s1. The minimum absolute atomic E-state index is 0.183. The van der Waals surface area contributed by atoms with Gasteiger partial charge in [0.05, 0.1) is 5.92 Å². The lowest BCUT2D eigenvalue weighted by molar-refractivity contribution is -0.126. The maximum absolute atomic E-state index is 12.1. The van der Waals surface area contributed by atoms with Crippen molar-refractivity contribution < 1.29 is 4.79 Å². The first-order chi connectivity index (χ1) is 8.11. The molecular weight excluding hydrogens is 212 g/mol. The van der Waals surface area contributed by atoms with Gasteiger partial charge in [-0.3, -0.25) is 4.79 Å². The molecule has 2 fully saturated rings. The van der Waals surface area contributed by atoms with Crippen LogP contribution in [0.4, 0.5) is 0 Å². The minimum Gasteiger partial charge on any atom is -0.355 e. The van der Waals surface area contributed by atoms with E-state index < -0.39 is 0 Å². The molecule has 98 valence electrons. The molecule has 2 atom stereocenters. The molecule has 0 bridgehead atoms. The van der Waals surface area contributed by atoms with Crippen LogP contribution in [-0.4, -0.2) is 25.5 Å². The Kier molecular flexibility index (Phi) is 4.08. The number of carbonyl (C=O) groups is 1. The first-order valence-electron chi connectivity index (χ1n) is 7.09. The second-order valence-electron chi connectivity index (χ2n) is 6.33. The first-order valence-corrected chi connectivity index (χ1v) is 7.09. The van der Waals surface area contributed by atoms with Gasteiger partial charge in [0.1, 0.15) is 0 Å². The van der Waals surface area contributed by atoms with E-state index in [9.17, 15) is 4.79 Å². The Morgan fingerprint density at radius 1 is 1.29 bits per heavy atom. The molecule has 17 heavy (non-hydrogen) atoms. The van der Waals surface area contributed by atoms with Crippen molar-refractivity contribution in [1.29, 1.82) is 0 Å². The van der Waals surface area contributed by atoms with Gasteiger partial charge in [-0.05, 0) is 30.7 Å². The van der Waals surface area contributed by atoms with E-state index >= 15 is 0 Å². The van der Waals surface area contributed by atoms with Gasteiger partial charge in [-0.25, -0.2) is 0 Å². The molecule has 1 saturated carbocycles. The molecule has 2 N–H and O–H groups in total. The topological polar surface area (TPSA) is 41.1 Å². The van der Waals surface area contributed by atoms with Gasteiger partial charge in [0.25, 0.3) is 0 Å². The maximum Gasteiger partial charge on any atom is 0.224 e. The molecule has 1 aliphatic heterocycles. The van der Waals surface area contributed by atoms with Crippen molar-refractivity contribution in [1.82, 2.24) is 10.6 Å². The van der Waals surface area contributed by atoms with Crippen molar-refractivity contribution in [2.75, 3.05) is 19.6 Å². The quantitative estimate of drug-likeness (QED) is 0.789. The average molecular weight is 238 g/mol. The molecule has 1 amide bonds. The molecule has 2 aliphatic rings. The Bertz CT molecular complexity index is 271. The van der Waals surface area contributed by atoms with Crippen molar-refractivity contribution in [3.63, 3.8) is 0 Å². The van der Waals surface area contributed by atoms with Gasteiger partial charge in [-0.15, -0.1) is 0 Å². The number of hydrogen-bond donors (Lipinski definition) is 2. The second-order valence-corrected chi connectivity index (χ2v) is 6.33. The zero-order valence-electron chi connectivity index (χ0n) is 11.2. The summed E-state index contributed by atoms with van der Waals surface area (Å²) in [5, 5.41) is 6.48. The van der Waals surface area contributed by atoms with Gasteiger partial charge in [-0.2, -0.15) is 0 Å². The molecule has 0 unspecified atom stereocenters. The van der Waals surface area contributed by atoms with Crippen LogP contribution in [0.1, 0.15) is 46.0 Å². The molecular formula is C14H26N2O. The van der Waals surface area contributed by atoms with Crippen molar-refractivity contribution in [2.24, 2.45) is 17.3 Å². The van der Waals surface area contributed by atoms with Gasteiger partial charge in [0.2, 0.25) is 5.91 Å². The summed E-state index contributed by atoms with van der Waals surface area (Å²) in [5.41, 5.74) is 0.350. The average Bonchev–Trinajstić information content (AvgIpc) is 2.74. The zero-order valence-corrected chi connectivity index (χ0v) is 11.2. The molecule has 1 saturated heterocycles. The van der Waals surface area contributed by atoms with Crippen LogP contribution in [0.25, 0.3) is 0 Å². The van der Waals surface area contributed by atoms with E-state index in [1.165, 1.54) is 32.1 Å². The van der Waals surface area contributed by atoms with Crippen molar-refractivity contribution >= 4 is 5.91 Å². The fraction of sp³-hybridized carbons (Fsp3) is 0.929. The van der Waals surface area contributed by atoms with E-state index in [1.807, 2.05) is 0 Å². The first kappa shape index (κ1) is 12.9. The van der Waals surface area contributed by atoms with Crippen LogP contribution >= 0.6 is 0 Å². The van der Waals surface area contributed by atoms with Crippen LogP contribution in [0, 0.1) is 17.3 Å². The van der Waals surface area contributed by atoms with Crippen LogP contribution in [0.3, 0.4) is 0 Å². The second kappa shape index (κ2) is 5.38. The highest BCUT2D eigenvalue weighted by molar-refractivity contribution is 5.79. The summed E-state index contributed by atoms with van der Waals surface area (Å²) in [4.78, 5) is 12.1. The van der Waals surface area contributed by atoms with Gasteiger partial charge in [0, 0.05) is 13.1 Å². The Hall–Kier alpha value is -0.570. The minimum atomic E-state index is 0.183. The normalized spacial score (nSPS) is 32.4. The van der Waals surface area contributed by atoms with Crippen molar-refractivity contribution in [3.05, 3.63) is 0 Å². The van der Waals surface area contributed by atoms with E-state index in [1.54, 1.807) is 0 Å². The summed E-state index contributed by atoms with van der Waals surface area (Å²) < 4.78 is 0. The summed E-state index contributed by atoms with van der Waals surface area (Å²) in [5.74, 6) is 0.922. The number of hydrogen-bond acceptors (Lipinski definition) is 2. The molecule has 0 aromatic rings. The summed E-state index contributed by atoms with van der Waals surface area (Å²) in [6, 6.07) is 0. The highest BCUT2D eigenvalue weighted by atomic mass is 16.1. The molecule has 0 aromatic carbocycles. The van der Waals surface area contributed by atoms with Gasteiger partial charge >= 0.3 is 0 Å². The predicted molar refractivity (Wildman–Crippen MR) is 69.7 cm³/mol. The molecule has 3 nitrogen and oxygen atoms in total. The molecule has 0 aromatic heterocycles. The third-order valence-electron chi connectivity index (χ3n) is 4.60. The lowest BCUT2D eigenvalue weighted by Crippen LogP contribution is -2.41. The van der Waals surface area contributed by atoms with Crippen LogP contribution < -0.4 is 10.6 Å². The van der Waals surface area contributed by atoms with E-state index in [2.05, 4.69) is 24.5 Å². The van der Waals surface area contributed by atoms with E-state index in [0.29, 0.717) is 11.3 Å². The predicted octanol–water partition coefficient (Wildman–Crippen LogP) is 1.93. The molecule has 1 heterocycles. The molecule has 2 rings (SSSR count). The molecule has 1 aliphatic carbocycles. The van der Waals surface area contributed by atoms with Crippen molar-refractivity contribution in [2.45, 2.75) is 46.0 Å². The summed E-state index contributed by atoms with van der Waals surface area (Å²) in [6.07, 6.45) is 6.56. The van der Waals surface area contributed by atoms with E-state index in [0.717, 1.165) is 19.6 Å². The molecule has 0 spiro atoms. The summed E-state index contributed by atoms with van der Waals surface area (Å²) >= 11 is 0. The number of carbonyl (C=O) groups excluding carboxylic acids is 1. The third-order valence-corrected chi connectivity index (χ3v) is 4.60. The third kappa shape index (κ3) is 3.21. The zero-order chi connectivity index (χ0) is 12.3. The van der Waals surface area contributed by atoms with Gasteiger partial charge in [-0.1, -0.05) is 33.1 Å².